The summed E-state index contributed by atoms with van der Waals surface area (Å²) in [5, 5.41) is 9.37. The van der Waals surface area contributed by atoms with Crippen molar-refractivity contribution < 1.29 is 9.90 Å². The van der Waals surface area contributed by atoms with E-state index in [9.17, 15) is 4.79 Å². The molecule has 3 nitrogen and oxygen atoms in total. The number of benzene rings is 1. The van der Waals surface area contributed by atoms with Crippen molar-refractivity contribution in [3.05, 3.63) is 28.8 Å². The highest BCUT2D eigenvalue weighted by Crippen LogP contribution is 2.27. The zero-order chi connectivity index (χ0) is 12.8. The van der Waals surface area contributed by atoms with Gasteiger partial charge in [0.25, 0.3) is 0 Å². The summed E-state index contributed by atoms with van der Waals surface area (Å²) in [5.41, 5.74) is 1.14. The van der Waals surface area contributed by atoms with E-state index in [1.54, 1.807) is 12.1 Å². The first-order valence-corrected chi connectivity index (χ1v) is 6.25. The van der Waals surface area contributed by atoms with E-state index >= 15 is 0 Å². The molecule has 0 aromatic heterocycles. The van der Waals surface area contributed by atoms with Gasteiger partial charge >= 0.3 is 5.97 Å². The molecule has 0 heterocycles. The Bertz CT molecular complexity index is 393. The standard InChI is InChI=1S/C13H18ClNO2/c1-3-5-8-15(4-2)12-7-6-10(13(16)17)9-11(12)14/h6-7,9H,3-5,8H2,1-2H3,(H,16,17). The molecule has 94 valence electrons. The lowest BCUT2D eigenvalue weighted by molar-refractivity contribution is 0.0697. The van der Waals surface area contributed by atoms with Crippen LogP contribution in [0.1, 0.15) is 37.0 Å². The minimum atomic E-state index is -0.949. The first-order valence-electron chi connectivity index (χ1n) is 5.88. The number of nitrogens with zero attached hydrogens (tertiary/aromatic N) is 1. The zero-order valence-electron chi connectivity index (χ0n) is 10.2. The second-order valence-electron chi connectivity index (χ2n) is 3.90. The SMILES string of the molecule is CCCCN(CC)c1ccc(C(=O)O)cc1Cl. The van der Waals surface area contributed by atoms with Gasteiger partial charge in [-0.2, -0.15) is 0 Å². The lowest BCUT2D eigenvalue weighted by Gasteiger charge is -2.24. The van der Waals surface area contributed by atoms with Gasteiger partial charge in [-0.1, -0.05) is 24.9 Å². The van der Waals surface area contributed by atoms with E-state index in [1.807, 2.05) is 0 Å². The number of hydrogen-bond donors (Lipinski definition) is 1. The van der Waals surface area contributed by atoms with Gasteiger partial charge in [-0.3, -0.25) is 0 Å². The Hall–Kier alpha value is -1.22. The van der Waals surface area contributed by atoms with Crippen LogP contribution in [-0.2, 0) is 0 Å². The van der Waals surface area contributed by atoms with E-state index < -0.39 is 5.97 Å². The molecule has 0 saturated carbocycles. The highest BCUT2D eigenvalue weighted by atomic mass is 35.5. The molecule has 0 saturated heterocycles. The van der Waals surface area contributed by atoms with Crippen molar-refractivity contribution in [2.24, 2.45) is 0 Å². The fourth-order valence-corrected chi connectivity index (χ4v) is 1.99. The van der Waals surface area contributed by atoms with Gasteiger partial charge in [-0.25, -0.2) is 4.79 Å². The summed E-state index contributed by atoms with van der Waals surface area (Å²) in [5.74, 6) is -0.949. The lowest BCUT2D eigenvalue weighted by Crippen LogP contribution is -2.24. The van der Waals surface area contributed by atoms with Crippen LogP contribution < -0.4 is 4.90 Å². The second kappa shape index (κ2) is 6.50. The van der Waals surface area contributed by atoms with Gasteiger partial charge in [0.1, 0.15) is 0 Å². The minimum absolute atomic E-state index is 0.227. The molecule has 1 N–H and O–H groups in total. The van der Waals surface area contributed by atoms with Crippen molar-refractivity contribution in [1.82, 2.24) is 0 Å². The maximum atomic E-state index is 10.8. The molecule has 0 bridgehead atoms. The summed E-state index contributed by atoms with van der Waals surface area (Å²) >= 11 is 6.12. The summed E-state index contributed by atoms with van der Waals surface area (Å²) < 4.78 is 0. The number of carboxylic acid groups (broad SMARTS) is 1. The van der Waals surface area contributed by atoms with Gasteiger partial charge in [-0.15, -0.1) is 0 Å². The normalized spacial score (nSPS) is 10.3. The molecule has 0 unspecified atom stereocenters. The highest BCUT2D eigenvalue weighted by Gasteiger charge is 2.11. The molecule has 0 radical (unpaired) electrons. The molecule has 0 aliphatic carbocycles. The molecule has 1 rings (SSSR count). The number of rotatable bonds is 6. The molecule has 17 heavy (non-hydrogen) atoms. The quantitative estimate of drug-likeness (QED) is 0.843. The second-order valence-corrected chi connectivity index (χ2v) is 4.31. The van der Waals surface area contributed by atoms with Crippen molar-refractivity contribution in [2.75, 3.05) is 18.0 Å². The van der Waals surface area contributed by atoms with Crippen LogP contribution in [0.5, 0.6) is 0 Å². The Morgan fingerprint density at radius 2 is 2.12 bits per heavy atom. The first kappa shape index (κ1) is 13.8. The third kappa shape index (κ3) is 3.63. The Balaban J connectivity index is 2.92. The number of unbranched alkanes of at least 4 members (excludes halogenated alkanes) is 1. The summed E-state index contributed by atoms with van der Waals surface area (Å²) in [6.07, 6.45) is 2.23. The van der Waals surface area contributed by atoms with Crippen LogP contribution in [0.3, 0.4) is 0 Å². The van der Waals surface area contributed by atoms with E-state index in [4.69, 9.17) is 16.7 Å². The Morgan fingerprint density at radius 1 is 1.41 bits per heavy atom. The molecule has 4 heteroatoms. The fraction of sp³-hybridized carbons (Fsp3) is 0.462. The van der Waals surface area contributed by atoms with Crippen LogP contribution in [0, 0.1) is 0 Å². The molecule has 1 aromatic carbocycles. The van der Waals surface area contributed by atoms with Crippen LogP contribution in [0.25, 0.3) is 0 Å². The number of halogens is 1. The number of carboxylic acids is 1. The third-order valence-corrected chi connectivity index (χ3v) is 3.00. The van der Waals surface area contributed by atoms with E-state index in [1.165, 1.54) is 6.07 Å². The van der Waals surface area contributed by atoms with E-state index in [0.717, 1.165) is 31.6 Å². The maximum absolute atomic E-state index is 10.8. The average molecular weight is 256 g/mol. The molecular weight excluding hydrogens is 238 g/mol. The summed E-state index contributed by atoms with van der Waals surface area (Å²) in [4.78, 5) is 13.0. The van der Waals surface area contributed by atoms with Crippen LogP contribution >= 0.6 is 11.6 Å². The molecule has 0 amide bonds. The molecule has 1 aromatic rings. The summed E-state index contributed by atoms with van der Waals surface area (Å²) in [6.45, 7) is 6.02. The first-order chi connectivity index (χ1) is 8.10. The molecule has 0 spiro atoms. The van der Waals surface area contributed by atoms with Crippen LogP contribution in [-0.4, -0.2) is 24.2 Å². The number of hydrogen-bond acceptors (Lipinski definition) is 2. The number of anilines is 1. The molecule has 0 aliphatic rings. The van der Waals surface area contributed by atoms with E-state index in [2.05, 4.69) is 18.7 Å². The monoisotopic (exact) mass is 255 g/mol. The Kier molecular flexibility index (Phi) is 5.29. The van der Waals surface area contributed by atoms with Crippen molar-refractivity contribution in [1.29, 1.82) is 0 Å². The van der Waals surface area contributed by atoms with Crippen molar-refractivity contribution in [3.8, 4) is 0 Å². The van der Waals surface area contributed by atoms with Gasteiger partial charge in [0.15, 0.2) is 0 Å². The molecular formula is C13H18ClNO2. The van der Waals surface area contributed by atoms with Crippen LogP contribution in [0.4, 0.5) is 5.69 Å². The maximum Gasteiger partial charge on any atom is 0.335 e. The predicted molar refractivity (Wildman–Crippen MR) is 71.2 cm³/mol. The smallest absolute Gasteiger partial charge is 0.335 e. The Labute approximate surface area is 107 Å². The van der Waals surface area contributed by atoms with Gasteiger partial charge in [0, 0.05) is 13.1 Å². The number of carbonyl (C=O) groups is 1. The van der Waals surface area contributed by atoms with Crippen LogP contribution in [0.15, 0.2) is 18.2 Å². The topological polar surface area (TPSA) is 40.5 Å². The third-order valence-electron chi connectivity index (χ3n) is 2.70. The molecule has 0 atom stereocenters. The predicted octanol–water partition coefficient (Wildman–Crippen LogP) is 3.66. The lowest BCUT2D eigenvalue weighted by atomic mass is 10.2. The fourth-order valence-electron chi connectivity index (χ4n) is 1.69. The van der Waals surface area contributed by atoms with Crippen molar-refractivity contribution >= 4 is 23.3 Å². The van der Waals surface area contributed by atoms with E-state index in [-0.39, 0.29) is 5.56 Å². The number of aromatic carboxylic acids is 1. The zero-order valence-corrected chi connectivity index (χ0v) is 11.0. The van der Waals surface area contributed by atoms with E-state index in [0.29, 0.717) is 5.02 Å². The van der Waals surface area contributed by atoms with Crippen molar-refractivity contribution in [2.45, 2.75) is 26.7 Å². The van der Waals surface area contributed by atoms with Gasteiger partial charge in [-0.05, 0) is 31.5 Å². The summed E-state index contributed by atoms with van der Waals surface area (Å²) in [6, 6.07) is 4.89. The van der Waals surface area contributed by atoms with Gasteiger partial charge < -0.3 is 10.0 Å². The van der Waals surface area contributed by atoms with Gasteiger partial charge in [0.2, 0.25) is 0 Å². The van der Waals surface area contributed by atoms with Gasteiger partial charge in [0.05, 0.1) is 16.3 Å². The summed E-state index contributed by atoms with van der Waals surface area (Å²) in [7, 11) is 0. The average Bonchev–Trinajstić information content (AvgIpc) is 2.31. The largest absolute Gasteiger partial charge is 0.478 e. The highest BCUT2D eigenvalue weighted by molar-refractivity contribution is 6.33. The minimum Gasteiger partial charge on any atom is -0.478 e. The Morgan fingerprint density at radius 3 is 2.59 bits per heavy atom. The molecule has 0 fully saturated rings. The molecule has 0 aliphatic heterocycles. The van der Waals surface area contributed by atoms with Crippen molar-refractivity contribution in [3.63, 3.8) is 0 Å². The van der Waals surface area contributed by atoms with Crippen LogP contribution in [0.2, 0.25) is 5.02 Å².